The Bertz CT molecular complexity index is 4300. The Labute approximate surface area is 728 Å². The molecule has 0 saturated heterocycles. The van der Waals surface area contributed by atoms with Gasteiger partial charge in [0.25, 0.3) is 0 Å². The molecule has 20 nitrogen and oxygen atoms in total. The molecule has 0 aliphatic heterocycles. The van der Waals surface area contributed by atoms with E-state index >= 15 is 0 Å². The molecule has 0 aliphatic rings. The number of hydrogen-bond acceptors (Lipinski definition) is 20. The van der Waals surface area contributed by atoms with Crippen LogP contribution in [0.5, 0.6) is 0 Å². The predicted octanol–water partition coefficient (Wildman–Crippen LogP) is 17.6. The smallest absolute Gasteiger partial charge is 0.237 e. The molecule has 8 atom stereocenters. The van der Waals surface area contributed by atoms with E-state index < -0.39 is 0 Å². The van der Waals surface area contributed by atoms with E-state index in [9.17, 15) is 0 Å². The fraction of sp³-hybridized carbons (Fsp3) is 0.378. The first-order valence-corrected chi connectivity index (χ1v) is 37.2. The molecule has 0 amide bonds. The van der Waals surface area contributed by atoms with Crippen LogP contribution in [0.15, 0.2) is 163 Å². The van der Waals surface area contributed by atoms with Gasteiger partial charge in [0.2, 0.25) is 23.6 Å². The predicted molar refractivity (Wildman–Crippen MR) is 434 cm³/mol. The Balaban J connectivity index is 0.000000677. The molecule has 24 heteroatoms. The van der Waals surface area contributed by atoms with Crippen molar-refractivity contribution in [2.24, 2.45) is 0 Å². The second-order valence-corrected chi connectivity index (χ2v) is 28.1. The van der Waals surface area contributed by atoms with E-state index in [1.807, 2.05) is 133 Å². The molecule has 0 bridgehead atoms. The topological polar surface area (TPSA) is 318 Å². The summed E-state index contributed by atoms with van der Waals surface area (Å²) in [7, 11) is 0. The molecule has 4 aromatic heterocycles. The van der Waals surface area contributed by atoms with Gasteiger partial charge in [-0.05, 0) is 175 Å². The number of aromatic nitrogens is 8. The first-order chi connectivity index (χ1) is 52.1. The van der Waals surface area contributed by atoms with Crippen molar-refractivity contribution in [2.75, 3.05) is 0 Å². The minimum absolute atomic E-state index is 0. The van der Waals surface area contributed by atoms with Crippen LogP contribution >= 0.6 is 0 Å². The Morgan fingerprint density at radius 2 is 0.711 bits per heavy atom. The fourth-order valence-corrected chi connectivity index (χ4v) is 11.0. The zero-order chi connectivity index (χ0) is 81.3. The Morgan fingerprint density at radius 3 is 1.18 bits per heavy atom. The molecule has 8 aromatic carbocycles. The molecule has 624 valence electrons. The largest absolute Gasteiger partial charge is 0.464 e. The Kier molecular flexibility index (Phi) is 49.3. The van der Waals surface area contributed by atoms with Crippen LogP contribution in [0.3, 0.4) is 0 Å². The number of aliphatic hydroxyl groups is 8. The number of hydrogen-bond donors (Lipinski definition) is 8. The van der Waals surface area contributed by atoms with Crippen LogP contribution in [-0.2, 0) is 93.3 Å². The zero-order valence-corrected chi connectivity index (χ0v) is 78.4. The van der Waals surface area contributed by atoms with Gasteiger partial charge in [0.05, 0.1) is 48.8 Å². The molecule has 0 aliphatic carbocycles. The van der Waals surface area contributed by atoms with Crippen molar-refractivity contribution in [2.45, 2.75) is 226 Å². The molecule has 4 heterocycles. The number of benzene rings is 8. The van der Waals surface area contributed by atoms with Gasteiger partial charge in [-0.3, -0.25) is 0 Å². The molecule has 8 N–H and O–H groups in total. The summed E-state index contributed by atoms with van der Waals surface area (Å²) in [6.07, 6.45) is 0.906. The molecular weight excluding hydrogens is 2150 g/mol. The van der Waals surface area contributed by atoms with Crippen molar-refractivity contribution in [3.63, 3.8) is 0 Å². The summed E-state index contributed by atoms with van der Waals surface area (Å²) < 4.78 is 23.2. The molecule has 12 aromatic rings. The monoisotopic (exact) mass is 2270 g/mol. The maximum Gasteiger partial charge on any atom is 0.237 e. The minimum atomic E-state index is -0.375. The van der Waals surface area contributed by atoms with Crippen LogP contribution in [-0.4, -0.2) is 130 Å². The molecule has 114 heavy (non-hydrogen) atoms. The van der Waals surface area contributed by atoms with Crippen molar-refractivity contribution in [3.05, 3.63) is 237 Å². The second-order valence-electron chi connectivity index (χ2n) is 28.1. The van der Waals surface area contributed by atoms with Crippen molar-refractivity contribution >= 4 is 0 Å². The van der Waals surface area contributed by atoms with E-state index in [-0.39, 0.29) is 129 Å². The summed E-state index contributed by atoms with van der Waals surface area (Å²) in [5.41, 5.74) is 21.0. The summed E-state index contributed by atoms with van der Waals surface area (Å²) in [6, 6.07) is 61.4. The third-order valence-corrected chi connectivity index (χ3v) is 16.2. The Hall–Kier alpha value is -7.40. The van der Waals surface area contributed by atoms with Gasteiger partial charge in [-0.1, -0.05) is 142 Å². The van der Waals surface area contributed by atoms with Gasteiger partial charge in [0.15, 0.2) is 23.6 Å². The van der Waals surface area contributed by atoms with Gasteiger partial charge in [-0.25, -0.2) is 0 Å². The SMILES string of the molecule is CC(O)CC(C)O.CC(O)CC(C)O.CC(O)CC(C)O.CC(O)CC(C)O.CCc1c[c-]c(-c2nnc(-c3ccc(CC)cc3)o2)cc1.Cc1[c-]c(-c2nnc(-c3cc(C)cc(C)c3)o2)cc(C)c1.Cc1[c-]c(-c2nnc(-c3cc(C)ccc3C)o2)c(C)cc1.Cc1ccc[c-]c1-c1nnc(-c2ccccc2C)o1.[Ir].[Ir].[Ir].[Ir]. The second kappa shape index (κ2) is 53.8. The first kappa shape index (κ1) is 105. The average molecular weight is 2270 g/mol. The van der Waals surface area contributed by atoms with E-state index in [4.69, 9.17) is 58.5 Å². The van der Waals surface area contributed by atoms with Crippen LogP contribution in [0, 0.1) is 93.5 Å². The number of aliphatic hydroxyl groups excluding tert-OH is 8. The van der Waals surface area contributed by atoms with Crippen LogP contribution in [0.2, 0.25) is 0 Å². The van der Waals surface area contributed by atoms with Crippen molar-refractivity contribution < 1.29 is 139 Å². The normalized spacial score (nSPS) is 12.4. The van der Waals surface area contributed by atoms with Gasteiger partial charge in [0, 0.05) is 103 Å². The molecular formula is C90H112Ir4N8O12-4. The van der Waals surface area contributed by atoms with Crippen LogP contribution in [0.4, 0.5) is 0 Å². The third-order valence-electron chi connectivity index (χ3n) is 16.2. The Morgan fingerprint density at radius 1 is 0.307 bits per heavy atom. The van der Waals surface area contributed by atoms with E-state index in [2.05, 4.69) is 160 Å². The fourth-order valence-electron chi connectivity index (χ4n) is 11.0. The van der Waals surface area contributed by atoms with Gasteiger partial charge >= 0.3 is 0 Å². The first-order valence-electron chi connectivity index (χ1n) is 37.2. The number of nitrogens with zero attached hydrogens (tertiary/aromatic N) is 8. The van der Waals surface area contributed by atoms with Gasteiger partial charge < -0.3 is 58.5 Å². The van der Waals surface area contributed by atoms with Crippen molar-refractivity contribution in [1.29, 1.82) is 0 Å². The number of rotatable bonds is 18. The zero-order valence-electron chi connectivity index (χ0n) is 68.8. The average Bonchev–Trinajstić information content (AvgIpc) is 1.67. The van der Waals surface area contributed by atoms with Crippen LogP contribution in [0.1, 0.15) is 162 Å². The van der Waals surface area contributed by atoms with Gasteiger partial charge in [-0.2, -0.15) is 20.4 Å². The summed E-state index contributed by atoms with van der Waals surface area (Å²) in [5.74, 6) is 4.24. The van der Waals surface area contributed by atoms with Crippen LogP contribution < -0.4 is 0 Å². The summed E-state index contributed by atoms with van der Waals surface area (Å²) in [6.45, 7) is 37.9. The van der Waals surface area contributed by atoms with Crippen LogP contribution in [0.25, 0.3) is 91.6 Å². The molecule has 0 spiro atoms. The van der Waals surface area contributed by atoms with E-state index in [0.29, 0.717) is 72.8 Å². The molecule has 0 fully saturated rings. The quantitative estimate of drug-likeness (QED) is 0.0370. The maximum absolute atomic E-state index is 8.56. The summed E-state index contributed by atoms with van der Waals surface area (Å²) >= 11 is 0. The molecule has 12 rings (SSSR count). The molecule has 8 unspecified atom stereocenters. The van der Waals surface area contributed by atoms with E-state index in [1.54, 1.807) is 55.4 Å². The molecule has 4 radical (unpaired) electrons. The van der Waals surface area contributed by atoms with E-state index in [0.717, 1.165) is 96.3 Å². The van der Waals surface area contributed by atoms with E-state index in [1.165, 1.54) is 27.8 Å². The molecule has 0 saturated carbocycles. The van der Waals surface area contributed by atoms with Gasteiger partial charge in [0.1, 0.15) is 0 Å². The third kappa shape index (κ3) is 37.7. The van der Waals surface area contributed by atoms with Crippen molar-refractivity contribution in [3.8, 4) is 91.6 Å². The summed E-state index contributed by atoms with van der Waals surface area (Å²) in [4.78, 5) is 0. The van der Waals surface area contributed by atoms with Crippen molar-refractivity contribution in [1.82, 2.24) is 40.8 Å². The minimum Gasteiger partial charge on any atom is -0.464 e. The maximum atomic E-state index is 8.56. The summed E-state index contributed by atoms with van der Waals surface area (Å²) in [5, 5.41) is 102. The number of aryl methyl sites for hydroxylation is 12. The standard InChI is InChI=1S/3C18H17N2O.C16H13N2O.4C5H12O2.4Ir/c1-11-5-12(2)8-15(7-11)17-19-20-18(21-17)16-9-13(3)6-14(4)10-16;1-11-5-7-13(3)15(9-11)17-19-20-18(21-17)16-10-12(2)6-8-14(16)4;1-3-13-5-9-15(10-6-13)17-19-20-18(21-17)16-11-7-14(4-2)8-12-16;1-11-7-3-5-9-13(11)15-17-18-16(19-15)14-10-6-4-8-12(14)2;4*1-4(6)3-5(2)7;;;;/h2*5-9H,1-4H3;5-11H,3-4H2,1-2H3;3-9H,1-2H3;4*4-7H,3H2,1-2H3;;;;/q4*-1;;;;;;;;. The van der Waals surface area contributed by atoms with Gasteiger partial charge in [-0.15, -0.1) is 139 Å².